The summed E-state index contributed by atoms with van der Waals surface area (Å²) in [6.07, 6.45) is 2.59. The molecule has 9 heteroatoms. The van der Waals surface area contributed by atoms with E-state index in [9.17, 15) is 23.6 Å². The lowest BCUT2D eigenvalue weighted by molar-refractivity contribution is -0.138. The van der Waals surface area contributed by atoms with Crippen LogP contribution in [0, 0.1) is 11.7 Å². The van der Waals surface area contributed by atoms with Crippen molar-refractivity contribution < 1.29 is 23.6 Å². The first-order valence-electron chi connectivity index (χ1n) is 10.4. The zero-order valence-corrected chi connectivity index (χ0v) is 16.3. The topological polar surface area (TPSA) is 98.8 Å². The molecule has 30 heavy (non-hydrogen) atoms. The summed E-state index contributed by atoms with van der Waals surface area (Å²) >= 11 is 0. The molecule has 4 amide bonds. The van der Waals surface area contributed by atoms with Gasteiger partial charge in [0.1, 0.15) is 17.9 Å². The van der Waals surface area contributed by atoms with E-state index in [1.807, 2.05) is 0 Å². The summed E-state index contributed by atoms with van der Waals surface area (Å²) in [5.41, 5.74) is 0.173. The first-order chi connectivity index (χ1) is 14.4. The number of fused-ring (bicyclic) bond motifs is 2. The number of nitrogens with zero attached hydrogens (tertiary/aromatic N) is 2. The van der Waals surface area contributed by atoms with E-state index < -0.39 is 29.8 Å². The Morgan fingerprint density at radius 2 is 1.97 bits per heavy atom. The van der Waals surface area contributed by atoms with Crippen molar-refractivity contribution in [2.24, 2.45) is 5.92 Å². The first kappa shape index (κ1) is 19.0. The van der Waals surface area contributed by atoms with Crippen LogP contribution in [0.2, 0.25) is 0 Å². The summed E-state index contributed by atoms with van der Waals surface area (Å²) in [6, 6.07) is 3.15. The summed E-state index contributed by atoms with van der Waals surface area (Å²) < 4.78 is 13.6. The standard InChI is InChI=1S/C21H23FN4O4/c22-13-3-1-2-12(8-13)20(29)25-7-6-15-17(25)21(30)26-10-14(9-16(26)19(28)24-15)23-18(27)11-4-5-11/h1-3,8,11,14-17H,4-7,9-10H2,(H,23,27)(H,24,28). The number of rotatable bonds is 3. The number of hydrogen-bond acceptors (Lipinski definition) is 4. The van der Waals surface area contributed by atoms with Gasteiger partial charge in [-0.1, -0.05) is 6.07 Å². The van der Waals surface area contributed by atoms with Crippen molar-refractivity contribution in [2.75, 3.05) is 13.1 Å². The molecular formula is C21H23FN4O4. The van der Waals surface area contributed by atoms with Gasteiger partial charge < -0.3 is 20.4 Å². The van der Waals surface area contributed by atoms with Gasteiger partial charge in [0.15, 0.2) is 0 Å². The van der Waals surface area contributed by atoms with Gasteiger partial charge in [0.2, 0.25) is 17.7 Å². The second kappa shape index (κ2) is 7.07. The fourth-order valence-corrected chi connectivity index (χ4v) is 4.81. The molecule has 3 aliphatic heterocycles. The lowest BCUT2D eigenvalue weighted by Crippen LogP contribution is -2.52. The second-order valence-corrected chi connectivity index (χ2v) is 8.58. The van der Waals surface area contributed by atoms with Crippen molar-refractivity contribution in [3.8, 4) is 0 Å². The number of benzene rings is 1. The maximum absolute atomic E-state index is 13.6. The van der Waals surface area contributed by atoms with Gasteiger partial charge in [0.05, 0.1) is 6.04 Å². The average Bonchev–Trinajstić information content (AvgIpc) is 3.39. The SMILES string of the molecule is O=C(NC1CC2C(=O)NC3CCN(C(=O)c4cccc(F)c4)C3C(=O)N2C1)C1CC1. The van der Waals surface area contributed by atoms with Crippen molar-refractivity contribution >= 4 is 23.6 Å². The van der Waals surface area contributed by atoms with E-state index in [0.717, 1.165) is 18.9 Å². The van der Waals surface area contributed by atoms with E-state index >= 15 is 0 Å². The molecule has 2 N–H and O–H groups in total. The van der Waals surface area contributed by atoms with Gasteiger partial charge in [-0.15, -0.1) is 0 Å². The number of carbonyl (C=O) groups is 4. The smallest absolute Gasteiger partial charge is 0.254 e. The molecule has 1 aromatic carbocycles. The highest BCUT2D eigenvalue weighted by Crippen LogP contribution is 2.32. The predicted molar refractivity (Wildman–Crippen MR) is 103 cm³/mol. The largest absolute Gasteiger partial charge is 0.351 e. The quantitative estimate of drug-likeness (QED) is 0.729. The minimum Gasteiger partial charge on any atom is -0.351 e. The van der Waals surface area contributed by atoms with Crippen molar-refractivity contribution in [2.45, 2.75) is 49.9 Å². The highest BCUT2D eigenvalue weighted by Gasteiger charge is 2.52. The Hall–Kier alpha value is -2.97. The Kier molecular flexibility index (Phi) is 4.48. The fourth-order valence-electron chi connectivity index (χ4n) is 4.81. The molecule has 0 aromatic heterocycles. The first-order valence-corrected chi connectivity index (χ1v) is 10.4. The Morgan fingerprint density at radius 3 is 2.70 bits per heavy atom. The lowest BCUT2D eigenvalue weighted by Gasteiger charge is -2.29. The monoisotopic (exact) mass is 414 g/mol. The Labute approximate surface area is 172 Å². The molecule has 4 aliphatic rings. The molecule has 3 saturated heterocycles. The van der Waals surface area contributed by atoms with Crippen LogP contribution < -0.4 is 10.6 Å². The molecule has 3 heterocycles. The summed E-state index contributed by atoms with van der Waals surface area (Å²) in [6.45, 7) is 0.553. The van der Waals surface area contributed by atoms with Gasteiger partial charge in [-0.2, -0.15) is 0 Å². The van der Waals surface area contributed by atoms with Crippen molar-refractivity contribution in [1.29, 1.82) is 0 Å². The minimum absolute atomic E-state index is 0.0211. The highest BCUT2D eigenvalue weighted by molar-refractivity contribution is 6.00. The van der Waals surface area contributed by atoms with Crippen molar-refractivity contribution in [1.82, 2.24) is 20.4 Å². The summed E-state index contributed by atoms with van der Waals surface area (Å²) in [5, 5.41) is 5.87. The third kappa shape index (κ3) is 3.22. The molecule has 4 fully saturated rings. The van der Waals surface area contributed by atoms with Gasteiger partial charge >= 0.3 is 0 Å². The van der Waals surface area contributed by atoms with Crippen LogP contribution >= 0.6 is 0 Å². The Morgan fingerprint density at radius 1 is 1.17 bits per heavy atom. The zero-order chi connectivity index (χ0) is 21.0. The van der Waals surface area contributed by atoms with Crippen LogP contribution in [0.5, 0.6) is 0 Å². The molecule has 5 rings (SSSR count). The predicted octanol–water partition coefficient (Wildman–Crippen LogP) is 0.0343. The number of halogens is 1. The normalized spacial score (nSPS) is 30.4. The van der Waals surface area contributed by atoms with Crippen molar-refractivity contribution in [3.63, 3.8) is 0 Å². The third-order valence-corrected chi connectivity index (χ3v) is 6.49. The summed E-state index contributed by atoms with van der Waals surface area (Å²) in [4.78, 5) is 54.2. The number of nitrogens with one attached hydrogen (secondary N) is 2. The lowest BCUT2D eigenvalue weighted by atomic mass is 10.1. The van der Waals surface area contributed by atoms with E-state index in [4.69, 9.17) is 0 Å². The van der Waals surface area contributed by atoms with E-state index in [1.165, 1.54) is 28.0 Å². The molecule has 0 spiro atoms. The molecule has 4 unspecified atom stereocenters. The number of carbonyl (C=O) groups excluding carboxylic acids is 4. The maximum atomic E-state index is 13.6. The molecule has 1 saturated carbocycles. The van der Waals surface area contributed by atoms with Crippen LogP contribution in [0.15, 0.2) is 24.3 Å². The molecule has 8 nitrogen and oxygen atoms in total. The summed E-state index contributed by atoms with van der Waals surface area (Å²) in [5.74, 6) is -1.47. The van der Waals surface area contributed by atoms with Gasteiger partial charge in [-0.05, 0) is 43.9 Å². The van der Waals surface area contributed by atoms with Crippen LogP contribution in [0.4, 0.5) is 4.39 Å². The molecule has 1 aromatic rings. The second-order valence-electron chi connectivity index (χ2n) is 8.58. The van der Waals surface area contributed by atoms with Crippen LogP contribution in [-0.2, 0) is 14.4 Å². The van der Waals surface area contributed by atoms with E-state index in [2.05, 4.69) is 10.6 Å². The zero-order valence-electron chi connectivity index (χ0n) is 16.3. The van der Waals surface area contributed by atoms with Gasteiger partial charge in [-0.25, -0.2) is 4.39 Å². The highest BCUT2D eigenvalue weighted by atomic mass is 19.1. The minimum atomic E-state index is -0.826. The molecule has 4 atom stereocenters. The van der Waals surface area contributed by atoms with Gasteiger partial charge in [-0.3, -0.25) is 19.2 Å². The molecule has 158 valence electrons. The fraction of sp³-hybridized carbons (Fsp3) is 0.524. The van der Waals surface area contributed by atoms with Crippen molar-refractivity contribution in [3.05, 3.63) is 35.6 Å². The van der Waals surface area contributed by atoms with E-state index in [-0.39, 0.29) is 41.8 Å². The number of hydrogen-bond donors (Lipinski definition) is 2. The van der Waals surface area contributed by atoms with Crippen LogP contribution in [0.25, 0.3) is 0 Å². The van der Waals surface area contributed by atoms with E-state index in [0.29, 0.717) is 19.4 Å². The molecule has 1 aliphatic carbocycles. The Bertz CT molecular complexity index is 933. The molecule has 0 bridgehead atoms. The molecule has 0 radical (unpaired) electrons. The number of likely N-dealkylation sites (tertiary alicyclic amines) is 1. The number of amides is 4. The van der Waals surface area contributed by atoms with Crippen LogP contribution in [-0.4, -0.2) is 70.7 Å². The van der Waals surface area contributed by atoms with Crippen LogP contribution in [0.3, 0.4) is 0 Å². The Balaban J connectivity index is 1.37. The van der Waals surface area contributed by atoms with Gasteiger partial charge in [0.25, 0.3) is 5.91 Å². The maximum Gasteiger partial charge on any atom is 0.254 e. The average molecular weight is 414 g/mol. The van der Waals surface area contributed by atoms with Crippen LogP contribution in [0.1, 0.15) is 36.0 Å². The van der Waals surface area contributed by atoms with Gasteiger partial charge in [0, 0.05) is 30.6 Å². The summed E-state index contributed by atoms with van der Waals surface area (Å²) in [7, 11) is 0. The van der Waals surface area contributed by atoms with E-state index in [1.54, 1.807) is 0 Å². The molecular weight excluding hydrogens is 391 g/mol. The third-order valence-electron chi connectivity index (χ3n) is 6.49.